The van der Waals surface area contributed by atoms with Gasteiger partial charge in [-0.3, -0.25) is 0 Å². The van der Waals surface area contributed by atoms with E-state index >= 15 is 0 Å². The quantitative estimate of drug-likeness (QED) is 0.151. The molecule has 0 atom stereocenters. The molecule has 0 amide bonds. The highest BCUT2D eigenvalue weighted by atomic mass is 32.1. The fraction of sp³-hybridized carbons (Fsp3) is 0.100. The number of thiazole rings is 4. The Hall–Kier alpha value is -6.20. The van der Waals surface area contributed by atoms with Gasteiger partial charge in [-0.1, -0.05) is 0 Å². The average Bonchev–Trinajstić information content (AvgIpc) is 4.03. The summed E-state index contributed by atoms with van der Waals surface area (Å²) in [4.78, 5) is 58.3. The third kappa shape index (κ3) is 4.20. The Morgan fingerprint density at radius 2 is 0.821 bits per heavy atom. The van der Waals surface area contributed by atoms with Crippen LogP contribution >= 0.6 is 45.3 Å². The third-order valence-electron chi connectivity index (χ3n) is 10.3. The molecule has 8 bridgehead atoms. The van der Waals surface area contributed by atoms with Crippen LogP contribution < -0.4 is 0 Å². The first kappa shape index (κ1) is 31.1. The maximum absolute atomic E-state index is 5.34. The van der Waals surface area contributed by atoms with Gasteiger partial charge in [0, 0.05) is 44.2 Å². The monoisotopic (exact) mass is 798 g/mol. The fourth-order valence-corrected chi connectivity index (χ4v) is 12.0. The first-order valence-corrected chi connectivity index (χ1v) is 21.0. The number of rotatable bonds is 0. The van der Waals surface area contributed by atoms with E-state index in [1.807, 2.05) is 52.0 Å². The summed E-state index contributed by atoms with van der Waals surface area (Å²) in [6.45, 7) is 8.10. The van der Waals surface area contributed by atoms with Gasteiger partial charge in [0.25, 0.3) is 0 Å². The highest BCUT2D eigenvalue weighted by molar-refractivity contribution is 7.20. The Kier molecular flexibility index (Phi) is 5.97. The van der Waals surface area contributed by atoms with Crippen LogP contribution in [0.3, 0.4) is 0 Å². The van der Waals surface area contributed by atoms with Crippen molar-refractivity contribution >= 4 is 108 Å². The Bertz CT molecular complexity index is 3670. The second kappa shape index (κ2) is 10.8. The molecule has 56 heavy (non-hydrogen) atoms. The number of aromatic nitrogens is 12. The average molecular weight is 799 g/mol. The fourth-order valence-electron chi connectivity index (χ4n) is 8.11. The molecule has 3 aliphatic rings. The van der Waals surface area contributed by atoms with Gasteiger partial charge in [0.1, 0.15) is 17.1 Å². The molecule has 0 saturated carbocycles. The Morgan fingerprint density at radius 3 is 1.38 bits per heavy atom. The summed E-state index contributed by atoms with van der Waals surface area (Å²) in [7, 11) is 0. The molecular weight excluding hydrogens is 777 g/mol. The Morgan fingerprint density at radius 1 is 0.393 bits per heavy atom. The zero-order chi connectivity index (χ0) is 37.1. The minimum absolute atomic E-state index is 0.523. The van der Waals surface area contributed by atoms with E-state index in [0.717, 1.165) is 111 Å². The van der Waals surface area contributed by atoms with Crippen LogP contribution in [0.2, 0.25) is 0 Å². The van der Waals surface area contributed by atoms with Gasteiger partial charge in [0.15, 0.2) is 29.1 Å². The number of aromatic amines is 2. The van der Waals surface area contributed by atoms with Crippen LogP contribution in [0.4, 0.5) is 0 Å². The lowest BCUT2D eigenvalue weighted by Gasteiger charge is -2.01. The number of fused-ring (bicyclic) bond motifs is 28. The third-order valence-corrected chi connectivity index (χ3v) is 14.4. The summed E-state index contributed by atoms with van der Waals surface area (Å²) in [5, 5.41) is 5.80. The normalized spacial score (nSPS) is 12.6. The minimum Gasteiger partial charge on any atom is -0.325 e. The van der Waals surface area contributed by atoms with Crippen LogP contribution in [-0.2, 0) is 0 Å². The second-order valence-electron chi connectivity index (χ2n) is 13.9. The van der Waals surface area contributed by atoms with E-state index in [2.05, 4.69) is 34.2 Å². The van der Waals surface area contributed by atoms with Crippen molar-refractivity contribution in [2.24, 2.45) is 0 Å². The lowest BCUT2D eigenvalue weighted by atomic mass is 10.1. The van der Waals surface area contributed by atoms with Gasteiger partial charge in [0.2, 0.25) is 0 Å². The molecule has 12 nitrogen and oxygen atoms in total. The van der Waals surface area contributed by atoms with Crippen molar-refractivity contribution in [1.82, 2.24) is 59.8 Å². The molecule has 9 heterocycles. The lowest BCUT2D eigenvalue weighted by molar-refractivity contribution is 1.15. The summed E-state index contributed by atoms with van der Waals surface area (Å²) < 4.78 is 4.10. The Labute approximate surface area is 330 Å². The number of benzene rings is 4. The molecule has 0 spiro atoms. The van der Waals surface area contributed by atoms with Crippen molar-refractivity contribution in [3.8, 4) is 68.3 Å². The Balaban J connectivity index is 1.25. The predicted molar refractivity (Wildman–Crippen MR) is 226 cm³/mol. The number of hydrogen-bond acceptors (Lipinski definition) is 14. The minimum atomic E-state index is 0.523. The van der Waals surface area contributed by atoms with Crippen molar-refractivity contribution in [2.75, 3.05) is 0 Å². The molecular formula is C40H22N12S4. The van der Waals surface area contributed by atoms with Crippen LogP contribution in [0.15, 0.2) is 48.5 Å². The first-order chi connectivity index (χ1) is 27.3. The van der Waals surface area contributed by atoms with E-state index < -0.39 is 0 Å². The molecule has 0 radical (unpaired) electrons. The van der Waals surface area contributed by atoms with Crippen LogP contribution in [0.1, 0.15) is 20.0 Å². The molecule has 16 heteroatoms. The predicted octanol–water partition coefficient (Wildman–Crippen LogP) is 10.4. The van der Waals surface area contributed by atoms with Crippen molar-refractivity contribution in [1.29, 1.82) is 0 Å². The van der Waals surface area contributed by atoms with E-state index in [-0.39, 0.29) is 0 Å². The van der Waals surface area contributed by atoms with Gasteiger partial charge < -0.3 is 9.97 Å². The van der Waals surface area contributed by atoms with Crippen LogP contribution in [0.5, 0.6) is 0 Å². The molecule has 3 aliphatic heterocycles. The van der Waals surface area contributed by atoms with Gasteiger partial charge in [-0.2, -0.15) is 0 Å². The van der Waals surface area contributed by atoms with Gasteiger partial charge in [-0.05, 0) is 76.2 Å². The highest BCUT2D eigenvalue weighted by Crippen LogP contribution is 2.47. The largest absolute Gasteiger partial charge is 0.325 e. The van der Waals surface area contributed by atoms with E-state index in [4.69, 9.17) is 49.8 Å². The molecule has 266 valence electrons. The summed E-state index contributed by atoms with van der Waals surface area (Å²) in [6.07, 6.45) is 0. The summed E-state index contributed by atoms with van der Waals surface area (Å²) in [6, 6.07) is 16.4. The molecule has 0 unspecified atom stereocenters. The highest BCUT2D eigenvalue weighted by Gasteiger charge is 2.30. The SMILES string of the molecule is Cc1nc2ccc3c(c2s1)-c1nc2nc(nc4[nH]c([nH]c5nc(nc-3n1)-c1c-5ccc3nc(C)sc13)c1c4ccc3nc(C)sc31)-c1c-2ccc2nc(C)sc12. The van der Waals surface area contributed by atoms with Crippen molar-refractivity contribution in [3.05, 3.63) is 68.6 Å². The molecule has 2 N–H and O–H groups in total. The smallest absolute Gasteiger partial charge is 0.166 e. The number of aryl methyl sites for hydroxylation is 4. The number of nitrogens with zero attached hydrogens (tertiary/aromatic N) is 10. The van der Waals surface area contributed by atoms with Crippen LogP contribution in [0, 0.1) is 27.7 Å². The molecule has 0 fully saturated rings. The zero-order valence-corrected chi connectivity index (χ0v) is 33.0. The van der Waals surface area contributed by atoms with Gasteiger partial charge in [-0.25, -0.2) is 49.8 Å². The zero-order valence-electron chi connectivity index (χ0n) is 29.7. The van der Waals surface area contributed by atoms with Crippen molar-refractivity contribution in [3.63, 3.8) is 0 Å². The number of nitrogens with one attached hydrogen (secondary N) is 2. The maximum Gasteiger partial charge on any atom is 0.166 e. The molecule has 13 rings (SSSR count). The molecule has 10 aromatic rings. The van der Waals surface area contributed by atoms with Crippen molar-refractivity contribution in [2.45, 2.75) is 27.7 Å². The van der Waals surface area contributed by atoms with E-state index in [0.29, 0.717) is 40.6 Å². The summed E-state index contributed by atoms with van der Waals surface area (Å²) in [5.41, 5.74) is 10.4. The summed E-state index contributed by atoms with van der Waals surface area (Å²) >= 11 is 6.55. The standard InChI is InChI=1S/C40H22N12S4/c1-13-41-21-9-5-17-25(29(21)53-13)37-45-33(17)50-38-27-19(7-11-23-31(27)55-15(3)43-23)35(47-38)52-40-28-20(8-12-24-32(28)56-16(4)44-24)36(48-40)51-39-26-18(34(46-39)49-37)6-10-22-30(26)54-14(2)42-22/h5-12H,1-4H3,(H2,45,46,47,48,49,50,51,52). The molecule has 4 aromatic carbocycles. The van der Waals surface area contributed by atoms with E-state index in [1.165, 1.54) is 0 Å². The van der Waals surface area contributed by atoms with Crippen LogP contribution in [-0.4, -0.2) is 59.8 Å². The van der Waals surface area contributed by atoms with E-state index in [9.17, 15) is 0 Å². The molecule has 0 saturated heterocycles. The maximum atomic E-state index is 5.34. The van der Waals surface area contributed by atoms with Gasteiger partial charge in [-0.15, -0.1) is 45.3 Å². The van der Waals surface area contributed by atoms with Crippen LogP contribution in [0.25, 0.3) is 131 Å². The number of hydrogen-bond donors (Lipinski definition) is 2. The lowest BCUT2D eigenvalue weighted by Crippen LogP contribution is -1.86. The first-order valence-electron chi connectivity index (χ1n) is 17.7. The molecule has 0 aliphatic carbocycles. The topological polar surface area (TPSA) is 160 Å². The van der Waals surface area contributed by atoms with Gasteiger partial charge >= 0.3 is 0 Å². The molecule has 6 aromatic heterocycles. The number of H-pyrrole nitrogens is 2. The summed E-state index contributed by atoms with van der Waals surface area (Å²) in [5.74, 6) is 3.34. The van der Waals surface area contributed by atoms with Gasteiger partial charge in [0.05, 0.1) is 60.9 Å². The van der Waals surface area contributed by atoms with Crippen molar-refractivity contribution < 1.29 is 0 Å². The second-order valence-corrected chi connectivity index (χ2v) is 18.7. The van der Waals surface area contributed by atoms with E-state index in [1.54, 1.807) is 45.3 Å².